The number of carbonyl (C=O) groups is 1. The monoisotopic (exact) mass is 425 g/mol. The first-order valence-electron chi connectivity index (χ1n) is 8.89. The van der Waals surface area contributed by atoms with Crippen LogP contribution in [0.15, 0.2) is 17.2 Å². The maximum absolute atomic E-state index is 11.8. The van der Waals surface area contributed by atoms with E-state index in [0.717, 1.165) is 5.56 Å². The number of thiazole rings is 1. The molecule has 0 aliphatic carbocycles. The maximum Gasteiger partial charge on any atom is 0.350 e. The van der Waals surface area contributed by atoms with Gasteiger partial charge in [-0.25, -0.2) is 9.78 Å². The van der Waals surface area contributed by atoms with Gasteiger partial charge in [0.05, 0.1) is 36.8 Å². The van der Waals surface area contributed by atoms with Crippen LogP contribution in [0.5, 0.6) is 11.5 Å². The second-order valence-electron chi connectivity index (χ2n) is 5.94. The second-order valence-corrected chi connectivity index (χ2v) is 7.35. The molecule has 0 atom stereocenters. The Bertz CT molecular complexity index is 852. The fraction of sp³-hybridized carbons (Fsp3) is 0.421. The van der Waals surface area contributed by atoms with Gasteiger partial charge in [-0.1, -0.05) is 29.9 Å². The predicted molar refractivity (Wildman–Crippen MR) is 112 cm³/mol. The van der Waals surface area contributed by atoms with Crippen LogP contribution in [-0.2, 0) is 11.2 Å². The first kappa shape index (κ1) is 22.0. The van der Waals surface area contributed by atoms with Gasteiger partial charge in [-0.3, -0.25) is 5.43 Å². The first-order chi connectivity index (χ1) is 13.4. The van der Waals surface area contributed by atoms with Gasteiger partial charge in [0.15, 0.2) is 11.5 Å². The number of halogens is 1. The van der Waals surface area contributed by atoms with Gasteiger partial charge in [0.1, 0.15) is 4.88 Å². The molecule has 1 aromatic carbocycles. The van der Waals surface area contributed by atoms with Crippen molar-refractivity contribution in [3.8, 4) is 11.5 Å². The lowest BCUT2D eigenvalue weighted by Gasteiger charge is -2.16. The molecule has 1 heterocycles. The molecular weight excluding hydrogens is 402 g/mol. The average molecular weight is 426 g/mol. The van der Waals surface area contributed by atoms with E-state index in [9.17, 15) is 4.79 Å². The van der Waals surface area contributed by atoms with Crippen LogP contribution in [0.1, 0.15) is 48.6 Å². The van der Waals surface area contributed by atoms with Crippen LogP contribution in [0.25, 0.3) is 0 Å². The van der Waals surface area contributed by atoms with Gasteiger partial charge in [0.2, 0.25) is 5.13 Å². The van der Waals surface area contributed by atoms with E-state index in [1.165, 1.54) is 18.4 Å². The maximum atomic E-state index is 11.8. The molecular formula is C19H24ClN3O4S. The Labute approximate surface area is 173 Å². The normalized spacial score (nSPS) is 11.1. The van der Waals surface area contributed by atoms with Gasteiger partial charge >= 0.3 is 5.97 Å². The minimum atomic E-state index is -0.403. The molecule has 0 aliphatic heterocycles. The Balaban J connectivity index is 2.20. The number of anilines is 1. The van der Waals surface area contributed by atoms with Crippen molar-refractivity contribution in [3.63, 3.8) is 0 Å². The third-order valence-corrected chi connectivity index (χ3v) is 4.73. The molecule has 0 saturated carbocycles. The Hall–Kier alpha value is -2.32. The number of hydrogen-bond donors (Lipinski definition) is 1. The van der Waals surface area contributed by atoms with Crippen molar-refractivity contribution in [2.45, 2.75) is 40.2 Å². The van der Waals surface area contributed by atoms with Crippen molar-refractivity contribution in [1.82, 2.24) is 4.98 Å². The third-order valence-electron chi connectivity index (χ3n) is 3.46. The number of aromatic nitrogens is 1. The molecule has 0 fully saturated rings. The van der Waals surface area contributed by atoms with E-state index in [-0.39, 0.29) is 6.10 Å². The zero-order valence-corrected chi connectivity index (χ0v) is 18.1. The summed E-state index contributed by atoms with van der Waals surface area (Å²) in [6.07, 6.45) is 2.19. The number of rotatable bonds is 9. The van der Waals surface area contributed by atoms with Crippen LogP contribution >= 0.6 is 22.9 Å². The van der Waals surface area contributed by atoms with Crippen LogP contribution in [-0.4, -0.2) is 37.0 Å². The Morgan fingerprint density at radius 1 is 1.39 bits per heavy atom. The second kappa shape index (κ2) is 10.3. The summed E-state index contributed by atoms with van der Waals surface area (Å²) in [6, 6.07) is 3.55. The van der Waals surface area contributed by atoms with Gasteiger partial charge < -0.3 is 14.2 Å². The predicted octanol–water partition coefficient (Wildman–Crippen LogP) is 4.78. The van der Waals surface area contributed by atoms with Crippen molar-refractivity contribution in [3.05, 3.63) is 33.3 Å². The number of nitrogens with zero attached hydrogens (tertiary/aromatic N) is 2. The lowest BCUT2D eigenvalue weighted by molar-refractivity contribution is 0.0605. The Morgan fingerprint density at radius 3 is 2.75 bits per heavy atom. The zero-order chi connectivity index (χ0) is 20.7. The number of hydrazone groups is 1. The highest BCUT2D eigenvalue weighted by Crippen LogP contribution is 2.37. The first-order valence-corrected chi connectivity index (χ1v) is 10.1. The van der Waals surface area contributed by atoms with Gasteiger partial charge in [0, 0.05) is 0 Å². The molecule has 152 valence electrons. The number of hydrogen-bond acceptors (Lipinski definition) is 8. The molecule has 0 amide bonds. The SMILES string of the molecule is CCOc1cc(/C=N\Nc2nc(CC)c(C(=O)OC)s2)cc(Cl)c1OC(C)C. The van der Waals surface area contributed by atoms with Gasteiger partial charge in [-0.15, -0.1) is 0 Å². The fourth-order valence-corrected chi connectivity index (χ4v) is 3.51. The largest absolute Gasteiger partial charge is 0.490 e. The molecule has 2 aromatic rings. The quantitative estimate of drug-likeness (QED) is 0.353. The zero-order valence-electron chi connectivity index (χ0n) is 16.5. The van der Waals surface area contributed by atoms with Gasteiger partial charge in [-0.05, 0) is 44.9 Å². The molecule has 0 radical (unpaired) electrons. The smallest absolute Gasteiger partial charge is 0.350 e. The summed E-state index contributed by atoms with van der Waals surface area (Å²) in [5.41, 5.74) is 4.25. The van der Waals surface area contributed by atoms with E-state index in [4.69, 9.17) is 25.8 Å². The Morgan fingerprint density at radius 2 is 2.14 bits per heavy atom. The van der Waals surface area contributed by atoms with Crippen molar-refractivity contribution >= 4 is 40.3 Å². The van der Waals surface area contributed by atoms with E-state index in [2.05, 4.69) is 15.5 Å². The van der Waals surface area contributed by atoms with Crippen molar-refractivity contribution in [2.24, 2.45) is 5.10 Å². The lowest BCUT2D eigenvalue weighted by atomic mass is 10.2. The Kier molecular flexibility index (Phi) is 8.07. The summed E-state index contributed by atoms with van der Waals surface area (Å²) < 4.78 is 16.2. The van der Waals surface area contributed by atoms with Crippen LogP contribution in [0.3, 0.4) is 0 Å². The number of carbonyl (C=O) groups excluding carboxylic acids is 1. The molecule has 2 rings (SSSR count). The van der Waals surface area contributed by atoms with E-state index < -0.39 is 5.97 Å². The highest BCUT2D eigenvalue weighted by atomic mass is 35.5. The minimum Gasteiger partial charge on any atom is -0.490 e. The summed E-state index contributed by atoms with van der Waals surface area (Å²) in [6.45, 7) is 8.15. The molecule has 28 heavy (non-hydrogen) atoms. The molecule has 0 aliphatic rings. The van der Waals surface area contributed by atoms with Crippen molar-refractivity contribution in [1.29, 1.82) is 0 Å². The lowest BCUT2D eigenvalue weighted by Crippen LogP contribution is -2.08. The van der Waals surface area contributed by atoms with E-state index in [1.54, 1.807) is 18.3 Å². The number of aryl methyl sites for hydroxylation is 1. The van der Waals surface area contributed by atoms with E-state index in [0.29, 0.717) is 45.3 Å². The van der Waals surface area contributed by atoms with Crippen molar-refractivity contribution < 1.29 is 19.0 Å². The minimum absolute atomic E-state index is 0.0282. The number of benzene rings is 1. The van der Waals surface area contributed by atoms with Crippen LogP contribution < -0.4 is 14.9 Å². The summed E-state index contributed by atoms with van der Waals surface area (Å²) in [5, 5.41) is 5.13. The molecule has 0 spiro atoms. The third kappa shape index (κ3) is 5.59. The standard InChI is InChI=1S/C19H24ClN3O4S/c1-6-14-17(18(24)25-5)28-19(22-14)23-21-10-12-8-13(20)16(27-11(3)4)15(9-12)26-7-2/h8-11H,6-7H2,1-5H3,(H,22,23)/b21-10-. The van der Waals surface area contributed by atoms with E-state index >= 15 is 0 Å². The molecule has 0 bridgehead atoms. The number of esters is 1. The van der Waals surface area contributed by atoms with E-state index in [1.807, 2.05) is 27.7 Å². The van der Waals surface area contributed by atoms with Gasteiger partial charge in [0.25, 0.3) is 0 Å². The average Bonchev–Trinajstić information content (AvgIpc) is 3.07. The molecule has 9 heteroatoms. The highest BCUT2D eigenvalue weighted by Gasteiger charge is 2.17. The molecule has 0 unspecified atom stereocenters. The number of ether oxygens (including phenoxy) is 3. The number of methoxy groups -OCH3 is 1. The highest BCUT2D eigenvalue weighted by molar-refractivity contribution is 7.17. The molecule has 1 aromatic heterocycles. The van der Waals surface area contributed by atoms with Crippen LogP contribution in [0.2, 0.25) is 5.02 Å². The van der Waals surface area contributed by atoms with Crippen molar-refractivity contribution in [2.75, 3.05) is 19.1 Å². The topological polar surface area (TPSA) is 82.0 Å². The molecule has 7 nitrogen and oxygen atoms in total. The number of nitrogens with one attached hydrogen (secondary N) is 1. The summed E-state index contributed by atoms with van der Waals surface area (Å²) in [7, 11) is 1.35. The summed E-state index contributed by atoms with van der Waals surface area (Å²) >= 11 is 7.55. The van der Waals surface area contributed by atoms with Crippen LogP contribution in [0.4, 0.5) is 5.13 Å². The summed E-state index contributed by atoms with van der Waals surface area (Å²) in [5.74, 6) is 0.666. The van der Waals surface area contributed by atoms with Crippen LogP contribution in [0, 0.1) is 0 Å². The fourth-order valence-electron chi connectivity index (χ4n) is 2.33. The molecule has 1 N–H and O–H groups in total. The summed E-state index contributed by atoms with van der Waals surface area (Å²) in [4.78, 5) is 16.6. The molecule has 0 saturated heterocycles. The van der Waals surface area contributed by atoms with Gasteiger partial charge in [-0.2, -0.15) is 5.10 Å².